The molecule has 0 spiro atoms. The number of hydrogen-bond donors (Lipinski definition) is 2. The number of likely N-dealkylation sites (N-methyl/N-ethyl adjacent to an activating group) is 1. The Labute approximate surface area is 99.0 Å². The van der Waals surface area contributed by atoms with E-state index in [4.69, 9.17) is 0 Å². The first-order valence-corrected chi connectivity index (χ1v) is 6.12. The molecule has 2 atom stereocenters. The zero-order valence-corrected chi connectivity index (χ0v) is 11.2. The molecule has 4 heteroatoms. The molecule has 0 aliphatic carbocycles. The summed E-state index contributed by atoms with van der Waals surface area (Å²) in [6.07, 6.45) is 0.673. The molecule has 0 aromatic carbocycles. The minimum absolute atomic E-state index is 0.0944. The summed E-state index contributed by atoms with van der Waals surface area (Å²) in [5.41, 5.74) is -0.738. The summed E-state index contributed by atoms with van der Waals surface area (Å²) in [5.74, 6) is 0.0944. The van der Waals surface area contributed by atoms with Gasteiger partial charge >= 0.3 is 0 Å². The number of rotatable bonds is 7. The van der Waals surface area contributed by atoms with Gasteiger partial charge in [-0.3, -0.25) is 4.79 Å². The lowest BCUT2D eigenvalue weighted by molar-refractivity contribution is -0.132. The Kier molecular flexibility index (Phi) is 6.60. The largest absolute Gasteiger partial charge is 0.389 e. The van der Waals surface area contributed by atoms with Crippen molar-refractivity contribution in [1.82, 2.24) is 10.2 Å². The Morgan fingerprint density at radius 3 is 2.25 bits per heavy atom. The molecule has 1 amide bonds. The van der Waals surface area contributed by atoms with Gasteiger partial charge < -0.3 is 15.3 Å². The summed E-state index contributed by atoms with van der Waals surface area (Å²) in [4.78, 5) is 13.7. The van der Waals surface area contributed by atoms with Crippen LogP contribution in [-0.4, -0.2) is 47.2 Å². The van der Waals surface area contributed by atoms with Gasteiger partial charge in [-0.25, -0.2) is 0 Å². The summed E-state index contributed by atoms with van der Waals surface area (Å²) in [7, 11) is 0. The Morgan fingerprint density at radius 2 is 1.88 bits per heavy atom. The van der Waals surface area contributed by atoms with Crippen molar-refractivity contribution in [1.29, 1.82) is 0 Å². The Morgan fingerprint density at radius 1 is 1.38 bits per heavy atom. The van der Waals surface area contributed by atoms with E-state index in [1.807, 2.05) is 27.7 Å². The summed E-state index contributed by atoms with van der Waals surface area (Å²) in [5, 5.41) is 12.9. The summed E-state index contributed by atoms with van der Waals surface area (Å²) < 4.78 is 0. The van der Waals surface area contributed by atoms with Gasteiger partial charge in [-0.15, -0.1) is 0 Å². The molecule has 0 bridgehead atoms. The summed E-state index contributed by atoms with van der Waals surface area (Å²) >= 11 is 0. The second kappa shape index (κ2) is 6.86. The van der Waals surface area contributed by atoms with Crippen LogP contribution in [0.4, 0.5) is 0 Å². The van der Waals surface area contributed by atoms with Gasteiger partial charge in [-0.05, 0) is 34.1 Å². The van der Waals surface area contributed by atoms with E-state index < -0.39 is 5.60 Å². The highest BCUT2D eigenvalue weighted by molar-refractivity contribution is 5.81. The van der Waals surface area contributed by atoms with E-state index in [9.17, 15) is 9.90 Å². The Bertz CT molecular complexity index is 213. The monoisotopic (exact) mass is 230 g/mol. The van der Waals surface area contributed by atoms with Gasteiger partial charge in [0.2, 0.25) is 5.91 Å². The molecule has 2 N–H and O–H groups in total. The van der Waals surface area contributed by atoms with Crippen molar-refractivity contribution in [3.63, 3.8) is 0 Å². The average molecular weight is 230 g/mol. The Hall–Kier alpha value is -0.610. The van der Waals surface area contributed by atoms with Gasteiger partial charge in [-0.2, -0.15) is 0 Å². The van der Waals surface area contributed by atoms with Crippen LogP contribution in [-0.2, 0) is 4.79 Å². The second-order valence-electron chi connectivity index (χ2n) is 4.46. The topological polar surface area (TPSA) is 52.6 Å². The number of nitrogens with zero attached hydrogens (tertiary/aromatic N) is 1. The van der Waals surface area contributed by atoms with E-state index in [0.717, 1.165) is 13.1 Å². The molecular weight excluding hydrogens is 204 g/mol. The van der Waals surface area contributed by atoms with Crippen molar-refractivity contribution < 1.29 is 9.90 Å². The maximum absolute atomic E-state index is 11.9. The van der Waals surface area contributed by atoms with Crippen LogP contribution < -0.4 is 5.32 Å². The van der Waals surface area contributed by atoms with Gasteiger partial charge in [0, 0.05) is 19.6 Å². The van der Waals surface area contributed by atoms with Crippen molar-refractivity contribution in [2.45, 2.75) is 52.7 Å². The van der Waals surface area contributed by atoms with Crippen LogP contribution in [0.3, 0.4) is 0 Å². The molecule has 16 heavy (non-hydrogen) atoms. The SMILES string of the molecule is CCN(CC)C(=O)C(C)NCC(C)(O)CC. The molecule has 2 unspecified atom stereocenters. The first-order valence-electron chi connectivity index (χ1n) is 6.12. The van der Waals surface area contributed by atoms with E-state index in [2.05, 4.69) is 5.32 Å². The lowest BCUT2D eigenvalue weighted by Crippen LogP contribution is -2.49. The molecule has 0 aliphatic rings. The number of nitrogens with one attached hydrogen (secondary N) is 1. The number of aliphatic hydroxyl groups is 1. The van der Waals surface area contributed by atoms with Crippen molar-refractivity contribution in [3.8, 4) is 0 Å². The molecule has 0 heterocycles. The van der Waals surface area contributed by atoms with Crippen LogP contribution in [0, 0.1) is 0 Å². The highest BCUT2D eigenvalue weighted by atomic mass is 16.3. The van der Waals surface area contributed by atoms with Gasteiger partial charge in [0.05, 0.1) is 11.6 Å². The first-order chi connectivity index (χ1) is 7.37. The summed E-state index contributed by atoms with van der Waals surface area (Å²) in [6, 6.07) is -0.238. The van der Waals surface area contributed by atoms with Crippen LogP contribution in [0.25, 0.3) is 0 Å². The molecule has 96 valence electrons. The maximum Gasteiger partial charge on any atom is 0.239 e. The first kappa shape index (κ1) is 15.4. The zero-order valence-electron chi connectivity index (χ0n) is 11.2. The van der Waals surface area contributed by atoms with Crippen molar-refractivity contribution in [2.24, 2.45) is 0 Å². The minimum Gasteiger partial charge on any atom is -0.389 e. The molecule has 0 aromatic rings. The predicted molar refractivity (Wildman–Crippen MR) is 66.3 cm³/mol. The average Bonchev–Trinajstić information content (AvgIpc) is 2.27. The molecular formula is C12H26N2O2. The third-order valence-corrected chi connectivity index (χ3v) is 3.00. The van der Waals surface area contributed by atoms with Gasteiger partial charge in [0.1, 0.15) is 0 Å². The molecule has 0 radical (unpaired) electrons. The Balaban J connectivity index is 4.15. The highest BCUT2D eigenvalue weighted by Gasteiger charge is 2.22. The number of carbonyl (C=O) groups excluding carboxylic acids is 1. The molecule has 0 aromatic heterocycles. The van der Waals surface area contributed by atoms with Crippen LogP contribution in [0.15, 0.2) is 0 Å². The number of hydrogen-bond acceptors (Lipinski definition) is 3. The lowest BCUT2D eigenvalue weighted by atomic mass is 10.0. The van der Waals surface area contributed by atoms with Crippen molar-refractivity contribution >= 4 is 5.91 Å². The third-order valence-electron chi connectivity index (χ3n) is 3.00. The second-order valence-corrected chi connectivity index (χ2v) is 4.46. The van der Waals surface area contributed by atoms with Gasteiger partial charge in [-0.1, -0.05) is 6.92 Å². The third kappa shape index (κ3) is 4.94. The van der Waals surface area contributed by atoms with Gasteiger partial charge in [0.25, 0.3) is 0 Å². The normalized spacial score (nSPS) is 16.6. The number of amides is 1. The van der Waals surface area contributed by atoms with Crippen LogP contribution >= 0.6 is 0 Å². The smallest absolute Gasteiger partial charge is 0.239 e. The number of carbonyl (C=O) groups is 1. The van der Waals surface area contributed by atoms with E-state index >= 15 is 0 Å². The van der Waals surface area contributed by atoms with Crippen LogP contribution in [0.2, 0.25) is 0 Å². The zero-order chi connectivity index (χ0) is 12.8. The van der Waals surface area contributed by atoms with E-state index in [0.29, 0.717) is 13.0 Å². The van der Waals surface area contributed by atoms with Crippen molar-refractivity contribution in [3.05, 3.63) is 0 Å². The van der Waals surface area contributed by atoms with Gasteiger partial charge in [0.15, 0.2) is 0 Å². The minimum atomic E-state index is -0.738. The molecule has 0 saturated carbocycles. The predicted octanol–water partition coefficient (Wildman–Crippen LogP) is 0.994. The standard InChI is InChI=1S/C12H26N2O2/c1-6-12(5,16)9-13-10(4)11(15)14(7-2)8-3/h10,13,16H,6-9H2,1-5H3. The molecule has 0 fully saturated rings. The van der Waals surface area contributed by atoms with Crippen LogP contribution in [0.1, 0.15) is 41.0 Å². The lowest BCUT2D eigenvalue weighted by Gasteiger charge is -2.27. The quantitative estimate of drug-likeness (QED) is 0.686. The van der Waals surface area contributed by atoms with E-state index in [1.54, 1.807) is 11.8 Å². The van der Waals surface area contributed by atoms with Crippen LogP contribution in [0.5, 0.6) is 0 Å². The summed E-state index contributed by atoms with van der Waals surface area (Å²) in [6.45, 7) is 11.4. The van der Waals surface area contributed by atoms with Crippen molar-refractivity contribution in [2.75, 3.05) is 19.6 Å². The fourth-order valence-corrected chi connectivity index (χ4v) is 1.39. The van der Waals surface area contributed by atoms with E-state index in [1.165, 1.54) is 0 Å². The van der Waals surface area contributed by atoms with E-state index in [-0.39, 0.29) is 11.9 Å². The fourth-order valence-electron chi connectivity index (χ4n) is 1.39. The molecule has 0 saturated heterocycles. The highest BCUT2D eigenvalue weighted by Crippen LogP contribution is 2.06. The maximum atomic E-state index is 11.9. The molecule has 0 rings (SSSR count). The fraction of sp³-hybridized carbons (Fsp3) is 0.917. The molecule has 4 nitrogen and oxygen atoms in total. The molecule has 0 aliphatic heterocycles.